The van der Waals surface area contributed by atoms with Crippen molar-refractivity contribution in [3.8, 4) is 6.07 Å². The molecule has 1 heterocycles. The summed E-state index contributed by atoms with van der Waals surface area (Å²) in [7, 11) is 0. The molecule has 2 N–H and O–H groups in total. The van der Waals surface area contributed by atoms with Crippen LogP contribution in [0.3, 0.4) is 0 Å². The molecule has 1 aromatic heterocycles. The minimum atomic E-state index is -1.44. The number of anilines is 2. The molecular formula is C23H12Cl4F2N4O2. The molecule has 0 radical (unpaired) electrons. The van der Waals surface area contributed by atoms with Crippen LogP contribution in [0.15, 0.2) is 48.7 Å². The third kappa shape index (κ3) is 5.19. The van der Waals surface area contributed by atoms with Crippen LogP contribution >= 0.6 is 46.4 Å². The average Bonchev–Trinajstić information content (AvgIpc) is 3.38. The molecule has 35 heavy (non-hydrogen) atoms. The lowest BCUT2D eigenvalue weighted by Gasteiger charge is -2.10. The molecule has 1 aliphatic carbocycles. The van der Waals surface area contributed by atoms with Gasteiger partial charge in [-0.2, -0.15) is 5.26 Å². The Morgan fingerprint density at radius 3 is 2.49 bits per heavy atom. The van der Waals surface area contributed by atoms with Crippen LogP contribution in [0.2, 0.25) is 10.0 Å². The van der Waals surface area contributed by atoms with Crippen LogP contribution in [0.4, 0.5) is 20.3 Å². The molecule has 1 saturated carbocycles. The van der Waals surface area contributed by atoms with Crippen LogP contribution in [0.1, 0.15) is 27.4 Å². The summed E-state index contributed by atoms with van der Waals surface area (Å²) in [6.07, 6.45) is 0.743. The summed E-state index contributed by atoms with van der Waals surface area (Å²) < 4.78 is 25.4. The predicted molar refractivity (Wildman–Crippen MR) is 129 cm³/mol. The number of rotatable bonds is 5. The van der Waals surface area contributed by atoms with Crippen molar-refractivity contribution in [2.24, 2.45) is 5.92 Å². The van der Waals surface area contributed by atoms with Crippen LogP contribution in [0.25, 0.3) is 0 Å². The van der Waals surface area contributed by atoms with Gasteiger partial charge in [0.2, 0.25) is 5.91 Å². The number of alkyl halides is 2. The minimum Gasteiger partial charge on any atom is -0.326 e. The zero-order valence-electron chi connectivity index (χ0n) is 17.3. The molecule has 178 valence electrons. The lowest BCUT2D eigenvalue weighted by molar-refractivity contribution is -0.117. The Morgan fingerprint density at radius 1 is 1.06 bits per heavy atom. The third-order valence-corrected chi connectivity index (χ3v) is 6.75. The second-order valence-electron chi connectivity index (χ2n) is 7.64. The number of carbonyl (C=O) groups is 2. The molecule has 1 fully saturated rings. The first-order valence-corrected chi connectivity index (χ1v) is 11.3. The monoisotopic (exact) mass is 554 g/mol. The normalized spacial score (nSPS) is 17.9. The van der Waals surface area contributed by atoms with Crippen molar-refractivity contribution < 1.29 is 18.4 Å². The van der Waals surface area contributed by atoms with E-state index in [-0.39, 0.29) is 16.3 Å². The van der Waals surface area contributed by atoms with Gasteiger partial charge in [-0.05, 0) is 42.0 Å². The molecule has 0 spiro atoms. The third-order valence-electron chi connectivity index (χ3n) is 5.26. The number of hydrogen-bond acceptors (Lipinski definition) is 4. The number of nitrogens with zero attached hydrogens (tertiary/aromatic N) is 2. The van der Waals surface area contributed by atoms with E-state index < -0.39 is 45.4 Å². The number of benzene rings is 2. The van der Waals surface area contributed by atoms with Gasteiger partial charge >= 0.3 is 0 Å². The number of nitrogens with one attached hydrogen (secondary N) is 2. The van der Waals surface area contributed by atoms with Crippen LogP contribution < -0.4 is 10.6 Å². The van der Waals surface area contributed by atoms with Gasteiger partial charge < -0.3 is 10.6 Å². The largest absolute Gasteiger partial charge is 0.326 e. The first kappa shape index (κ1) is 25.1. The number of hydrogen-bond donors (Lipinski definition) is 2. The first-order valence-electron chi connectivity index (χ1n) is 9.82. The zero-order chi connectivity index (χ0) is 25.5. The molecule has 2 atom stereocenters. The van der Waals surface area contributed by atoms with E-state index in [1.54, 1.807) is 12.1 Å². The first-order chi connectivity index (χ1) is 16.5. The van der Waals surface area contributed by atoms with Crippen molar-refractivity contribution in [2.75, 3.05) is 10.6 Å². The Labute approximate surface area is 217 Å². The van der Waals surface area contributed by atoms with Gasteiger partial charge in [-0.25, -0.2) is 13.8 Å². The van der Waals surface area contributed by atoms with Gasteiger partial charge in [0.1, 0.15) is 10.2 Å². The highest BCUT2D eigenvalue weighted by Crippen LogP contribution is 2.65. The van der Waals surface area contributed by atoms with Crippen molar-refractivity contribution in [2.45, 2.75) is 10.3 Å². The number of aromatic nitrogens is 1. The van der Waals surface area contributed by atoms with Crippen LogP contribution in [0, 0.1) is 28.9 Å². The van der Waals surface area contributed by atoms with Crippen molar-refractivity contribution in [3.63, 3.8) is 0 Å². The molecule has 0 unspecified atom stereocenters. The molecule has 1 aliphatic rings. The Kier molecular flexibility index (Phi) is 6.89. The number of carbonyl (C=O) groups excluding carboxylic acids is 2. The predicted octanol–water partition coefficient (Wildman–Crippen LogP) is 6.32. The van der Waals surface area contributed by atoms with Gasteiger partial charge in [0, 0.05) is 22.7 Å². The molecular weight excluding hydrogens is 544 g/mol. The highest BCUT2D eigenvalue weighted by molar-refractivity contribution is 6.53. The van der Waals surface area contributed by atoms with E-state index in [4.69, 9.17) is 51.7 Å². The van der Waals surface area contributed by atoms with Crippen LogP contribution in [-0.4, -0.2) is 21.1 Å². The van der Waals surface area contributed by atoms with Gasteiger partial charge in [-0.15, -0.1) is 23.2 Å². The van der Waals surface area contributed by atoms with E-state index in [1.165, 1.54) is 24.3 Å². The second kappa shape index (κ2) is 9.59. The van der Waals surface area contributed by atoms with Crippen molar-refractivity contribution >= 4 is 69.7 Å². The molecule has 0 saturated heterocycles. The topological polar surface area (TPSA) is 94.9 Å². The zero-order valence-corrected chi connectivity index (χ0v) is 20.3. The summed E-state index contributed by atoms with van der Waals surface area (Å²) in [6, 6.07) is 11.2. The second-order valence-corrected chi connectivity index (χ2v) is 9.92. The maximum atomic E-state index is 13.8. The fourth-order valence-corrected chi connectivity index (χ4v) is 4.88. The van der Waals surface area contributed by atoms with E-state index in [0.717, 1.165) is 6.20 Å². The number of halogens is 6. The Balaban J connectivity index is 1.52. The fraction of sp³-hybridized carbons (Fsp3) is 0.130. The summed E-state index contributed by atoms with van der Waals surface area (Å²) in [6.45, 7) is 0. The van der Waals surface area contributed by atoms with E-state index in [9.17, 15) is 18.4 Å². The van der Waals surface area contributed by atoms with Crippen molar-refractivity contribution in [1.29, 1.82) is 5.26 Å². The lowest BCUT2D eigenvalue weighted by atomic mass is 10.1. The summed E-state index contributed by atoms with van der Waals surface area (Å²) >= 11 is 24.9. The highest BCUT2D eigenvalue weighted by Gasteiger charge is 2.67. The van der Waals surface area contributed by atoms with E-state index in [0.29, 0.717) is 22.2 Å². The average molecular weight is 556 g/mol. The number of pyridine rings is 1. The molecule has 0 aliphatic heterocycles. The van der Waals surface area contributed by atoms with Crippen molar-refractivity contribution in [1.82, 2.24) is 4.98 Å². The fourth-order valence-electron chi connectivity index (χ4n) is 3.60. The molecule has 4 rings (SSSR count). The van der Waals surface area contributed by atoms with Gasteiger partial charge in [0.05, 0.1) is 34.3 Å². The standard InChI is InChI=1S/C23H12Cl4F2N4O2/c24-12-4-10(8-30)3-11(5-12)18-19(23(18,26)27)22(35)32-14-1-2-16(25)15(7-14)21(34)33-20-17(29)6-13(28)9-31-20/h1-7,9,18-19H,(H,32,35)(H,31,33,34)/t18-,19+/m0/s1. The molecule has 6 nitrogen and oxygen atoms in total. The van der Waals surface area contributed by atoms with Crippen molar-refractivity contribution in [3.05, 3.63) is 87.0 Å². The minimum absolute atomic E-state index is 0.0133. The summed E-state index contributed by atoms with van der Waals surface area (Å²) in [5, 5.41) is 14.3. The molecule has 3 aromatic rings. The number of amides is 2. The lowest BCUT2D eigenvalue weighted by Crippen LogP contribution is -2.18. The molecule has 2 aromatic carbocycles. The van der Waals surface area contributed by atoms with Gasteiger partial charge in [-0.3, -0.25) is 9.59 Å². The van der Waals surface area contributed by atoms with E-state index >= 15 is 0 Å². The van der Waals surface area contributed by atoms with Crippen LogP contribution in [0.5, 0.6) is 0 Å². The molecule has 12 heteroatoms. The maximum Gasteiger partial charge on any atom is 0.258 e. The van der Waals surface area contributed by atoms with Gasteiger partial charge in [0.25, 0.3) is 5.91 Å². The SMILES string of the molecule is N#Cc1cc(Cl)cc([C@H]2[C@H](C(=O)Nc3ccc(Cl)c(C(=O)Nc4ncc(F)cc4F)c3)C2(Cl)Cl)c1. The number of nitriles is 1. The summed E-state index contributed by atoms with van der Waals surface area (Å²) in [5.41, 5.74) is 0.918. The highest BCUT2D eigenvalue weighted by atomic mass is 35.5. The Hall–Kier alpha value is -2.96. The van der Waals surface area contributed by atoms with Gasteiger partial charge in [0.15, 0.2) is 11.6 Å². The Bertz CT molecular complexity index is 1410. The van der Waals surface area contributed by atoms with E-state index in [1.807, 2.05) is 6.07 Å². The van der Waals surface area contributed by atoms with E-state index in [2.05, 4.69) is 15.6 Å². The molecule has 2 amide bonds. The quantitative estimate of drug-likeness (QED) is 0.360. The summed E-state index contributed by atoms with van der Waals surface area (Å²) in [5.74, 6) is -5.34. The molecule has 0 bridgehead atoms. The maximum absolute atomic E-state index is 13.8. The smallest absolute Gasteiger partial charge is 0.258 e. The summed E-state index contributed by atoms with van der Waals surface area (Å²) in [4.78, 5) is 29.0. The van der Waals surface area contributed by atoms with Gasteiger partial charge in [-0.1, -0.05) is 23.2 Å². The Morgan fingerprint density at radius 2 is 1.80 bits per heavy atom. The van der Waals surface area contributed by atoms with Crippen LogP contribution in [-0.2, 0) is 4.79 Å².